The second-order valence-corrected chi connectivity index (χ2v) is 4.80. The van der Waals surface area contributed by atoms with E-state index in [1.54, 1.807) is 25.1 Å². The zero-order chi connectivity index (χ0) is 19.9. The summed E-state index contributed by atoms with van der Waals surface area (Å²) in [7, 11) is 0. The first-order valence-corrected chi connectivity index (χ1v) is 6.78. The second kappa shape index (κ2) is 8.52. The molecule has 2 aromatic rings. The number of nitro groups is 2. The van der Waals surface area contributed by atoms with Crippen LogP contribution in [0.5, 0.6) is 0 Å². The van der Waals surface area contributed by atoms with Crippen LogP contribution < -0.4 is 0 Å². The number of benzene rings is 2. The molecule has 0 saturated carbocycles. The largest absolute Gasteiger partial charge is 0.478 e. The van der Waals surface area contributed by atoms with E-state index in [4.69, 9.17) is 15.6 Å². The van der Waals surface area contributed by atoms with Gasteiger partial charge in [0.25, 0.3) is 11.4 Å². The first-order valence-electron chi connectivity index (χ1n) is 6.78. The highest BCUT2D eigenvalue weighted by atomic mass is 16.6. The molecule has 0 spiro atoms. The quantitative estimate of drug-likeness (QED) is 0.647. The van der Waals surface area contributed by atoms with Crippen LogP contribution in [0.25, 0.3) is 0 Å². The number of carbonyl (C=O) groups is 1. The average Bonchev–Trinajstić information content (AvgIpc) is 2.61. The fourth-order valence-corrected chi connectivity index (χ4v) is 1.80. The van der Waals surface area contributed by atoms with Crippen LogP contribution in [0.1, 0.15) is 27.0 Å². The van der Waals surface area contributed by atoms with E-state index in [9.17, 15) is 25.0 Å². The smallest absolute Gasteiger partial charge is 0.335 e. The van der Waals surface area contributed by atoms with E-state index in [-0.39, 0.29) is 22.4 Å². The number of rotatable bonds is 3. The van der Waals surface area contributed by atoms with Crippen LogP contribution in [0.2, 0.25) is 0 Å². The molecule has 0 aliphatic rings. The minimum Gasteiger partial charge on any atom is -0.478 e. The van der Waals surface area contributed by atoms with E-state index < -0.39 is 21.5 Å². The number of nitrogens with zero attached hydrogens (tertiary/aromatic N) is 4. The van der Waals surface area contributed by atoms with Gasteiger partial charge in [-0.2, -0.15) is 10.5 Å². The third-order valence-electron chi connectivity index (χ3n) is 3.03. The molecule has 0 radical (unpaired) electrons. The molecule has 0 fully saturated rings. The molecule has 0 aliphatic heterocycles. The minimum atomic E-state index is -1.27. The third kappa shape index (κ3) is 4.84. The number of aryl methyl sites for hydroxylation is 1. The number of nitriles is 2. The zero-order valence-corrected chi connectivity index (χ0v) is 13.2. The van der Waals surface area contributed by atoms with Crippen molar-refractivity contribution in [3.63, 3.8) is 0 Å². The summed E-state index contributed by atoms with van der Waals surface area (Å²) in [4.78, 5) is 29.9. The maximum Gasteiger partial charge on any atom is 0.335 e. The van der Waals surface area contributed by atoms with Gasteiger partial charge in [-0.05, 0) is 30.7 Å². The molecule has 0 unspecified atom stereocenters. The molecule has 2 aromatic carbocycles. The number of aromatic carboxylic acids is 1. The molecule has 0 atom stereocenters. The van der Waals surface area contributed by atoms with Crippen molar-refractivity contribution in [3.8, 4) is 12.1 Å². The molecule has 130 valence electrons. The lowest BCUT2D eigenvalue weighted by atomic mass is 10.1. The van der Waals surface area contributed by atoms with Crippen LogP contribution >= 0.6 is 0 Å². The van der Waals surface area contributed by atoms with Crippen molar-refractivity contribution in [2.45, 2.75) is 6.92 Å². The van der Waals surface area contributed by atoms with E-state index in [1.807, 2.05) is 0 Å². The van der Waals surface area contributed by atoms with Gasteiger partial charge in [-0.15, -0.1) is 0 Å². The summed E-state index contributed by atoms with van der Waals surface area (Å²) in [6.45, 7) is 1.74. The van der Waals surface area contributed by atoms with Gasteiger partial charge in [0.2, 0.25) is 0 Å². The fourth-order valence-electron chi connectivity index (χ4n) is 1.80. The number of carboxylic acids is 1. The van der Waals surface area contributed by atoms with E-state index in [0.29, 0.717) is 0 Å². The Balaban J connectivity index is 0.000000263. The summed E-state index contributed by atoms with van der Waals surface area (Å²) in [5, 5.41) is 46.4. The van der Waals surface area contributed by atoms with Crippen LogP contribution in [0.4, 0.5) is 11.4 Å². The minimum absolute atomic E-state index is 0.102. The predicted molar refractivity (Wildman–Crippen MR) is 87.3 cm³/mol. The van der Waals surface area contributed by atoms with Crippen LogP contribution in [0, 0.1) is 49.8 Å². The van der Waals surface area contributed by atoms with E-state index in [1.165, 1.54) is 12.1 Å². The van der Waals surface area contributed by atoms with Crippen LogP contribution in [-0.2, 0) is 0 Å². The highest BCUT2D eigenvalue weighted by molar-refractivity contribution is 5.88. The van der Waals surface area contributed by atoms with Crippen LogP contribution in [0.15, 0.2) is 36.4 Å². The van der Waals surface area contributed by atoms with Gasteiger partial charge in [0.15, 0.2) is 0 Å². The topological polar surface area (TPSA) is 171 Å². The predicted octanol–water partition coefficient (Wildman–Crippen LogP) is 2.94. The van der Waals surface area contributed by atoms with Crippen molar-refractivity contribution in [3.05, 3.63) is 78.9 Å². The van der Waals surface area contributed by atoms with E-state index in [0.717, 1.165) is 23.8 Å². The molecule has 10 nitrogen and oxygen atoms in total. The monoisotopic (exact) mass is 354 g/mol. The van der Waals surface area contributed by atoms with Gasteiger partial charge in [0.1, 0.15) is 23.3 Å². The summed E-state index contributed by atoms with van der Waals surface area (Å²) in [5.41, 5.74) is -0.105. The van der Waals surface area contributed by atoms with Crippen molar-refractivity contribution in [2.24, 2.45) is 0 Å². The standard InChI is InChI=1S/C8H4N2O4.C8H6N2O2/c9-4-6-2-1-5(8(11)12)3-7(6)10(13)14;1-6-2-3-7(5-9)8(4-6)10(11)12/h1-3H,(H,11,12);2-4H,1H3. The SMILES string of the molecule is Cc1ccc(C#N)c([N+](=O)[O-])c1.N#Cc1ccc(C(=O)O)cc1[N+](=O)[O-]. The summed E-state index contributed by atoms with van der Waals surface area (Å²) in [5.74, 6) is -1.27. The molecule has 0 heterocycles. The molecule has 2 rings (SSSR count). The van der Waals surface area contributed by atoms with Gasteiger partial charge in [-0.3, -0.25) is 20.2 Å². The molecule has 1 N–H and O–H groups in total. The summed E-state index contributed by atoms with van der Waals surface area (Å²) < 4.78 is 0. The Bertz CT molecular complexity index is 972. The summed E-state index contributed by atoms with van der Waals surface area (Å²) in [6.07, 6.45) is 0. The zero-order valence-electron chi connectivity index (χ0n) is 13.2. The molecule has 0 aromatic heterocycles. The first kappa shape index (κ1) is 19.7. The number of hydrogen-bond acceptors (Lipinski definition) is 7. The van der Waals surface area contributed by atoms with Crippen molar-refractivity contribution >= 4 is 17.3 Å². The van der Waals surface area contributed by atoms with Gasteiger partial charge in [0.05, 0.1) is 15.4 Å². The van der Waals surface area contributed by atoms with Gasteiger partial charge in [0, 0.05) is 12.1 Å². The van der Waals surface area contributed by atoms with Crippen molar-refractivity contribution < 1.29 is 19.7 Å². The Labute approximate surface area is 146 Å². The molecular weight excluding hydrogens is 344 g/mol. The van der Waals surface area contributed by atoms with Gasteiger partial charge in [-0.25, -0.2) is 4.79 Å². The Hall–Kier alpha value is -4.31. The third-order valence-corrected chi connectivity index (χ3v) is 3.03. The lowest BCUT2D eigenvalue weighted by molar-refractivity contribution is -0.385. The summed E-state index contributed by atoms with van der Waals surface area (Å²) >= 11 is 0. The molecule has 0 aliphatic carbocycles. The van der Waals surface area contributed by atoms with Crippen molar-refractivity contribution in [2.75, 3.05) is 0 Å². The second-order valence-electron chi connectivity index (χ2n) is 4.80. The molecular formula is C16H10N4O6. The maximum absolute atomic E-state index is 10.5. The number of hydrogen-bond donors (Lipinski definition) is 1. The van der Waals surface area contributed by atoms with E-state index in [2.05, 4.69) is 0 Å². The van der Waals surface area contributed by atoms with Crippen LogP contribution in [-0.4, -0.2) is 20.9 Å². The van der Waals surface area contributed by atoms with E-state index >= 15 is 0 Å². The number of carboxylic acid groups (broad SMARTS) is 1. The Morgan fingerprint density at radius 2 is 1.42 bits per heavy atom. The Kier molecular flexibility index (Phi) is 6.46. The normalized spacial score (nSPS) is 9.04. The molecule has 0 saturated heterocycles. The molecule has 10 heteroatoms. The lowest BCUT2D eigenvalue weighted by Gasteiger charge is -1.96. The van der Waals surface area contributed by atoms with Gasteiger partial charge in [-0.1, -0.05) is 6.07 Å². The number of nitro benzene ring substituents is 2. The highest BCUT2D eigenvalue weighted by Gasteiger charge is 2.16. The summed E-state index contributed by atoms with van der Waals surface area (Å²) in [6, 6.07) is 11.0. The molecule has 0 amide bonds. The maximum atomic E-state index is 10.5. The molecule has 26 heavy (non-hydrogen) atoms. The first-order chi connectivity index (χ1) is 12.2. The fraction of sp³-hybridized carbons (Fsp3) is 0.0625. The Morgan fingerprint density at radius 1 is 0.962 bits per heavy atom. The van der Waals surface area contributed by atoms with Gasteiger partial charge >= 0.3 is 5.97 Å². The van der Waals surface area contributed by atoms with Crippen LogP contribution in [0.3, 0.4) is 0 Å². The van der Waals surface area contributed by atoms with Crippen molar-refractivity contribution in [1.29, 1.82) is 10.5 Å². The molecule has 0 bridgehead atoms. The lowest BCUT2D eigenvalue weighted by Crippen LogP contribution is -1.99. The highest BCUT2D eigenvalue weighted by Crippen LogP contribution is 2.19. The van der Waals surface area contributed by atoms with Crippen molar-refractivity contribution in [1.82, 2.24) is 0 Å². The van der Waals surface area contributed by atoms with Gasteiger partial charge < -0.3 is 5.11 Å². The average molecular weight is 354 g/mol. The Morgan fingerprint density at radius 3 is 1.85 bits per heavy atom.